The molecule has 0 atom stereocenters. The molecule has 5 nitrogen and oxygen atoms in total. The van der Waals surface area contributed by atoms with Gasteiger partial charge < -0.3 is 5.73 Å². The van der Waals surface area contributed by atoms with E-state index >= 15 is 0 Å². The van der Waals surface area contributed by atoms with Crippen molar-refractivity contribution in [3.8, 4) is 0 Å². The molecular formula is C14H15N3O2S. The van der Waals surface area contributed by atoms with Gasteiger partial charge in [-0.15, -0.1) is 0 Å². The fraction of sp³-hybridized carbons (Fsp3) is 0.0714. The molecular weight excluding hydrogens is 274 g/mol. The van der Waals surface area contributed by atoms with Crippen LogP contribution in [0.15, 0.2) is 53.4 Å². The van der Waals surface area contributed by atoms with Crippen molar-refractivity contribution in [1.29, 1.82) is 5.41 Å². The van der Waals surface area contributed by atoms with Gasteiger partial charge in [0, 0.05) is 11.3 Å². The van der Waals surface area contributed by atoms with Crippen molar-refractivity contribution in [1.82, 2.24) is 0 Å². The van der Waals surface area contributed by atoms with Crippen molar-refractivity contribution in [2.45, 2.75) is 11.8 Å². The Balaban J connectivity index is 2.26. The molecule has 6 heteroatoms. The molecule has 2 aromatic rings. The van der Waals surface area contributed by atoms with Crippen LogP contribution in [0.25, 0.3) is 0 Å². The quantitative estimate of drug-likeness (QED) is 0.594. The fourth-order valence-corrected chi connectivity index (χ4v) is 2.88. The number of benzene rings is 2. The first-order chi connectivity index (χ1) is 9.38. The number of nitrogens with one attached hydrogen (secondary N) is 2. The molecule has 0 unspecified atom stereocenters. The van der Waals surface area contributed by atoms with Gasteiger partial charge in [-0.1, -0.05) is 12.1 Å². The van der Waals surface area contributed by atoms with Gasteiger partial charge in [0.25, 0.3) is 10.0 Å². The van der Waals surface area contributed by atoms with E-state index in [0.29, 0.717) is 11.3 Å². The van der Waals surface area contributed by atoms with Crippen molar-refractivity contribution in [3.05, 3.63) is 59.7 Å². The first-order valence-corrected chi connectivity index (χ1v) is 7.41. The number of amidine groups is 1. The van der Waals surface area contributed by atoms with Gasteiger partial charge in [0.2, 0.25) is 0 Å². The summed E-state index contributed by atoms with van der Waals surface area (Å²) in [5.74, 6) is -0.0573. The maximum Gasteiger partial charge on any atom is 0.261 e. The lowest BCUT2D eigenvalue weighted by Crippen LogP contribution is -2.14. The summed E-state index contributed by atoms with van der Waals surface area (Å²) in [5.41, 5.74) is 7.19. The van der Waals surface area contributed by atoms with Crippen molar-refractivity contribution in [3.63, 3.8) is 0 Å². The molecule has 0 bridgehead atoms. The van der Waals surface area contributed by atoms with E-state index in [9.17, 15) is 8.42 Å². The van der Waals surface area contributed by atoms with Crippen LogP contribution < -0.4 is 10.5 Å². The lowest BCUT2D eigenvalue weighted by atomic mass is 10.2. The van der Waals surface area contributed by atoms with Crippen LogP contribution in [0.2, 0.25) is 0 Å². The van der Waals surface area contributed by atoms with E-state index in [-0.39, 0.29) is 10.7 Å². The maximum atomic E-state index is 12.2. The van der Waals surface area contributed by atoms with Crippen LogP contribution >= 0.6 is 0 Å². The van der Waals surface area contributed by atoms with Crippen LogP contribution in [0.4, 0.5) is 5.69 Å². The molecule has 0 aliphatic carbocycles. The van der Waals surface area contributed by atoms with Gasteiger partial charge in [0.15, 0.2) is 0 Å². The first-order valence-electron chi connectivity index (χ1n) is 5.92. The van der Waals surface area contributed by atoms with E-state index in [1.54, 1.807) is 42.5 Å². The Hall–Kier alpha value is -2.34. The van der Waals surface area contributed by atoms with Gasteiger partial charge >= 0.3 is 0 Å². The second kappa shape index (κ2) is 5.34. The highest BCUT2D eigenvalue weighted by atomic mass is 32.2. The maximum absolute atomic E-state index is 12.2. The summed E-state index contributed by atoms with van der Waals surface area (Å²) in [7, 11) is -3.60. The lowest BCUT2D eigenvalue weighted by Gasteiger charge is -2.09. The van der Waals surface area contributed by atoms with Gasteiger partial charge in [-0.25, -0.2) is 8.42 Å². The summed E-state index contributed by atoms with van der Waals surface area (Å²) in [6.45, 7) is 1.83. The van der Waals surface area contributed by atoms with E-state index in [0.717, 1.165) is 5.56 Å². The molecule has 4 N–H and O–H groups in total. The summed E-state index contributed by atoms with van der Waals surface area (Å²) in [5, 5.41) is 7.28. The molecule has 0 amide bonds. The zero-order chi connectivity index (χ0) is 14.8. The van der Waals surface area contributed by atoms with Crippen molar-refractivity contribution in [2.24, 2.45) is 5.73 Å². The first kappa shape index (κ1) is 14.1. The van der Waals surface area contributed by atoms with E-state index in [4.69, 9.17) is 11.1 Å². The third kappa shape index (κ3) is 3.16. The Morgan fingerprint density at radius 2 is 1.80 bits per heavy atom. The van der Waals surface area contributed by atoms with Crippen molar-refractivity contribution in [2.75, 3.05) is 4.72 Å². The molecule has 0 radical (unpaired) electrons. The lowest BCUT2D eigenvalue weighted by molar-refractivity contribution is 0.601. The minimum absolute atomic E-state index is 0.0573. The van der Waals surface area contributed by atoms with Gasteiger partial charge in [0.1, 0.15) is 5.84 Å². The normalized spacial score (nSPS) is 11.1. The molecule has 0 aromatic heterocycles. The fourth-order valence-electron chi connectivity index (χ4n) is 1.71. The standard InChI is InChI=1S/C14H15N3O2S/c1-10-3-2-4-13(9-10)20(18,19)17-12-7-5-11(6-8-12)14(15)16/h2-9,17H,1H3,(H3,15,16). The highest BCUT2D eigenvalue weighted by molar-refractivity contribution is 7.92. The smallest absolute Gasteiger partial charge is 0.261 e. The van der Waals surface area contributed by atoms with Crippen LogP contribution in [0, 0.1) is 12.3 Å². The SMILES string of the molecule is Cc1cccc(S(=O)(=O)Nc2ccc(C(=N)N)cc2)c1. The van der Waals surface area contributed by atoms with Gasteiger partial charge in [-0.05, 0) is 48.9 Å². The molecule has 104 valence electrons. The molecule has 2 rings (SSSR count). The molecule has 2 aromatic carbocycles. The molecule has 0 aliphatic rings. The Morgan fingerprint density at radius 1 is 1.15 bits per heavy atom. The second-order valence-electron chi connectivity index (χ2n) is 4.41. The molecule has 20 heavy (non-hydrogen) atoms. The van der Waals surface area contributed by atoms with Crippen LogP contribution in [0.1, 0.15) is 11.1 Å². The van der Waals surface area contributed by atoms with E-state index in [1.807, 2.05) is 13.0 Å². The predicted molar refractivity (Wildman–Crippen MR) is 79.4 cm³/mol. The van der Waals surface area contributed by atoms with E-state index in [2.05, 4.69) is 4.72 Å². The van der Waals surface area contributed by atoms with Crippen molar-refractivity contribution >= 4 is 21.5 Å². The average molecular weight is 289 g/mol. The Labute approximate surface area is 118 Å². The zero-order valence-corrected chi connectivity index (χ0v) is 11.7. The summed E-state index contributed by atoms with van der Waals surface area (Å²) >= 11 is 0. The number of nitrogens with two attached hydrogens (primary N) is 1. The zero-order valence-electron chi connectivity index (χ0n) is 10.9. The summed E-state index contributed by atoms with van der Waals surface area (Å²) < 4.78 is 26.9. The molecule has 0 fully saturated rings. The average Bonchev–Trinajstić information content (AvgIpc) is 2.39. The van der Waals surface area contributed by atoms with E-state index < -0.39 is 10.0 Å². The Kier molecular flexibility index (Phi) is 3.76. The van der Waals surface area contributed by atoms with Crippen molar-refractivity contribution < 1.29 is 8.42 Å². The van der Waals surface area contributed by atoms with Crippen LogP contribution in [-0.4, -0.2) is 14.3 Å². The monoisotopic (exact) mass is 289 g/mol. The van der Waals surface area contributed by atoms with Gasteiger partial charge in [-0.3, -0.25) is 10.1 Å². The minimum Gasteiger partial charge on any atom is -0.384 e. The molecule has 0 heterocycles. The largest absolute Gasteiger partial charge is 0.384 e. The second-order valence-corrected chi connectivity index (χ2v) is 6.10. The Bertz CT molecular complexity index is 737. The predicted octanol–water partition coefficient (Wildman–Crippen LogP) is 2.08. The number of hydrogen-bond acceptors (Lipinski definition) is 3. The number of hydrogen-bond donors (Lipinski definition) is 3. The minimum atomic E-state index is -3.60. The summed E-state index contributed by atoms with van der Waals surface area (Å²) in [6.07, 6.45) is 0. The van der Waals surface area contributed by atoms with Crippen LogP contribution in [0.3, 0.4) is 0 Å². The van der Waals surface area contributed by atoms with E-state index in [1.165, 1.54) is 0 Å². The third-order valence-corrected chi connectivity index (χ3v) is 4.13. The molecule has 0 saturated carbocycles. The molecule has 0 aliphatic heterocycles. The summed E-state index contributed by atoms with van der Waals surface area (Å²) in [6, 6.07) is 13.0. The number of sulfonamides is 1. The van der Waals surface area contributed by atoms with Crippen LogP contribution in [-0.2, 0) is 10.0 Å². The number of aryl methyl sites for hydroxylation is 1. The molecule has 0 saturated heterocycles. The number of nitrogen functional groups attached to an aromatic ring is 1. The summed E-state index contributed by atoms with van der Waals surface area (Å²) in [4.78, 5) is 0.216. The third-order valence-electron chi connectivity index (χ3n) is 2.75. The van der Waals surface area contributed by atoms with Crippen LogP contribution in [0.5, 0.6) is 0 Å². The van der Waals surface area contributed by atoms with Gasteiger partial charge in [-0.2, -0.15) is 0 Å². The highest BCUT2D eigenvalue weighted by Gasteiger charge is 2.14. The number of rotatable bonds is 4. The number of anilines is 1. The topological polar surface area (TPSA) is 96.0 Å². The van der Waals surface area contributed by atoms with Gasteiger partial charge in [0.05, 0.1) is 4.90 Å². The highest BCUT2D eigenvalue weighted by Crippen LogP contribution is 2.17. The molecule has 0 spiro atoms. The Morgan fingerprint density at radius 3 is 2.35 bits per heavy atom.